The summed E-state index contributed by atoms with van der Waals surface area (Å²) < 4.78 is 0. The van der Waals surface area contributed by atoms with Crippen LogP contribution in [0.5, 0.6) is 0 Å². The number of aryl methyl sites for hydroxylation is 1. The zero-order valence-electron chi connectivity index (χ0n) is 11.2. The summed E-state index contributed by atoms with van der Waals surface area (Å²) in [6.07, 6.45) is 0. The van der Waals surface area contributed by atoms with E-state index in [9.17, 15) is 9.59 Å². The number of carbonyl (C=O) groups is 2. The Labute approximate surface area is 107 Å². The van der Waals surface area contributed by atoms with Crippen LogP contribution in [0.25, 0.3) is 0 Å². The third kappa shape index (κ3) is 3.23. The predicted molar refractivity (Wildman–Crippen MR) is 71.2 cm³/mol. The highest BCUT2D eigenvalue weighted by molar-refractivity contribution is 5.97. The maximum Gasteiger partial charge on any atom is 0.254 e. The van der Waals surface area contributed by atoms with E-state index in [0.717, 1.165) is 5.56 Å². The summed E-state index contributed by atoms with van der Waals surface area (Å²) in [6, 6.07) is 5.11. The third-order valence-electron chi connectivity index (χ3n) is 2.70. The molecule has 0 aromatic heterocycles. The number of nitrogen functional groups attached to an aromatic ring is 1. The Morgan fingerprint density at radius 3 is 2.33 bits per heavy atom. The SMILES string of the molecule is Cc1cc(N)ccc1C(=O)N(C)CC(=O)N(C)C. The van der Waals surface area contributed by atoms with Crippen molar-refractivity contribution in [2.75, 3.05) is 33.4 Å². The normalized spacial score (nSPS) is 10.0. The van der Waals surface area contributed by atoms with Crippen LogP contribution in [0.15, 0.2) is 18.2 Å². The molecule has 0 aliphatic rings. The lowest BCUT2D eigenvalue weighted by Crippen LogP contribution is -2.38. The summed E-state index contributed by atoms with van der Waals surface area (Å²) in [5.41, 5.74) is 7.64. The first-order valence-corrected chi connectivity index (χ1v) is 5.64. The van der Waals surface area contributed by atoms with Crippen LogP contribution in [0, 0.1) is 6.92 Å². The molecule has 1 aromatic rings. The molecule has 0 radical (unpaired) electrons. The summed E-state index contributed by atoms with van der Waals surface area (Å²) in [5, 5.41) is 0. The lowest BCUT2D eigenvalue weighted by Gasteiger charge is -2.20. The maximum absolute atomic E-state index is 12.1. The van der Waals surface area contributed by atoms with Gasteiger partial charge in [0.25, 0.3) is 5.91 Å². The molecule has 5 nitrogen and oxygen atoms in total. The Balaban J connectivity index is 2.84. The smallest absolute Gasteiger partial charge is 0.254 e. The highest BCUT2D eigenvalue weighted by Gasteiger charge is 2.17. The molecule has 0 saturated carbocycles. The largest absolute Gasteiger partial charge is 0.399 e. The Morgan fingerprint density at radius 1 is 1.22 bits per heavy atom. The summed E-state index contributed by atoms with van der Waals surface area (Å²) in [7, 11) is 4.93. The fourth-order valence-corrected chi connectivity index (χ4v) is 1.55. The van der Waals surface area contributed by atoms with Crippen LogP contribution in [0.4, 0.5) is 5.69 Å². The van der Waals surface area contributed by atoms with E-state index < -0.39 is 0 Å². The third-order valence-corrected chi connectivity index (χ3v) is 2.70. The number of nitrogens with two attached hydrogens (primary N) is 1. The highest BCUT2D eigenvalue weighted by atomic mass is 16.2. The number of hydrogen-bond donors (Lipinski definition) is 1. The van der Waals surface area contributed by atoms with Crippen molar-refractivity contribution in [3.05, 3.63) is 29.3 Å². The molecular formula is C13H19N3O2. The lowest BCUT2D eigenvalue weighted by atomic mass is 10.1. The van der Waals surface area contributed by atoms with Gasteiger partial charge < -0.3 is 15.5 Å². The molecule has 18 heavy (non-hydrogen) atoms. The number of nitrogens with zero attached hydrogens (tertiary/aromatic N) is 2. The van der Waals surface area contributed by atoms with E-state index in [2.05, 4.69) is 0 Å². The van der Waals surface area contributed by atoms with E-state index in [0.29, 0.717) is 11.3 Å². The molecule has 0 aliphatic carbocycles. The van der Waals surface area contributed by atoms with Gasteiger partial charge in [0.15, 0.2) is 0 Å². The molecule has 5 heteroatoms. The highest BCUT2D eigenvalue weighted by Crippen LogP contribution is 2.14. The van der Waals surface area contributed by atoms with Gasteiger partial charge in [-0.2, -0.15) is 0 Å². The van der Waals surface area contributed by atoms with E-state index >= 15 is 0 Å². The van der Waals surface area contributed by atoms with Gasteiger partial charge in [0, 0.05) is 32.4 Å². The van der Waals surface area contributed by atoms with Gasteiger partial charge in [0.1, 0.15) is 0 Å². The molecule has 0 spiro atoms. The monoisotopic (exact) mass is 249 g/mol. The predicted octanol–water partition coefficient (Wildman–Crippen LogP) is 0.737. The first-order chi connectivity index (χ1) is 8.32. The van der Waals surface area contributed by atoms with Crippen molar-refractivity contribution in [2.45, 2.75) is 6.92 Å². The van der Waals surface area contributed by atoms with E-state index in [-0.39, 0.29) is 18.4 Å². The van der Waals surface area contributed by atoms with Crippen molar-refractivity contribution in [3.63, 3.8) is 0 Å². The van der Waals surface area contributed by atoms with Gasteiger partial charge in [-0.3, -0.25) is 9.59 Å². The molecule has 98 valence electrons. The Bertz CT molecular complexity index is 469. The Kier molecular flexibility index (Phi) is 4.31. The zero-order valence-corrected chi connectivity index (χ0v) is 11.2. The number of anilines is 1. The summed E-state index contributed by atoms with van der Waals surface area (Å²) in [6.45, 7) is 1.89. The maximum atomic E-state index is 12.1. The number of benzene rings is 1. The Hall–Kier alpha value is -2.04. The summed E-state index contributed by atoms with van der Waals surface area (Å²) >= 11 is 0. The van der Waals surface area contributed by atoms with Gasteiger partial charge in [-0.15, -0.1) is 0 Å². The standard InChI is InChI=1S/C13H19N3O2/c1-9-7-10(14)5-6-11(9)13(18)16(4)8-12(17)15(2)3/h5-7H,8,14H2,1-4H3. The van der Waals surface area contributed by atoms with Crippen LogP contribution in [-0.2, 0) is 4.79 Å². The van der Waals surface area contributed by atoms with Gasteiger partial charge in [-0.05, 0) is 30.7 Å². The first-order valence-electron chi connectivity index (χ1n) is 5.64. The molecule has 2 N–H and O–H groups in total. The number of rotatable bonds is 3. The van der Waals surface area contributed by atoms with Crippen molar-refractivity contribution >= 4 is 17.5 Å². The number of carbonyl (C=O) groups excluding carboxylic acids is 2. The van der Waals surface area contributed by atoms with Gasteiger partial charge in [0.2, 0.25) is 5.91 Å². The topological polar surface area (TPSA) is 66.6 Å². The van der Waals surface area contributed by atoms with Crippen LogP contribution in [0.3, 0.4) is 0 Å². The second-order valence-electron chi connectivity index (χ2n) is 4.52. The molecule has 2 amide bonds. The minimum Gasteiger partial charge on any atom is -0.399 e. The van der Waals surface area contributed by atoms with Gasteiger partial charge in [-0.1, -0.05) is 0 Å². The van der Waals surface area contributed by atoms with Crippen LogP contribution >= 0.6 is 0 Å². The van der Waals surface area contributed by atoms with Crippen LogP contribution in [0.1, 0.15) is 15.9 Å². The van der Waals surface area contributed by atoms with Crippen molar-refractivity contribution in [1.82, 2.24) is 9.80 Å². The van der Waals surface area contributed by atoms with Crippen LogP contribution < -0.4 is 5.73 Å². The van der Waals surface area contributed by atoms with Gasteiger partial charge in [0.05, 0.1) is 6.54 Å². The molecule has 1 rings (SSSR count). The summed E-state index contributed by atoms with van der Waals surface area (Å²) in [5.74, 6) is -0.290. The van der Waals surface area contributed by atoms with Crippen LogP contribution in [0.2, 0.25) is 0 Å². The minimum absolute atomic E-state index is 0.0651. The molecule has 0 saturated heterocycles. The van der Waals surface area contributed by atoms with Crippen molar-refractivity contribution in [3.8, 4) is 0 Å². The first kappa shape index (κ1) is 14.0. The van der Waals surface area contributed by atoms with Crippen molar-refractivity contribution < 1.29 is 9.59 Å². The molecule has 0 bridgehead atoms. The average molecular weight is 249 g/mol. The zero-order chi connectivity index (χ0) is 13.9. The molecule has 0 aliphatic heterocycles. The van der Waals surface area contributed by atoms with Crippen molar-refractivity contribution in [2.24, 2.45) is 0 Å². The fraction of sp³-hybridized carbons (Fsp3) is 0.385. The molecule has 1 aromatic carbocycles. The second-order valence-corrected chi connectivity index (χ2v) is 4.52. The van der Waals surface area contributed by atoms with E-state index in [1.807, 2.05) is 6.92 Å². The summed E-state index contributed by atoms with van der Waals surface area (Å²) in [4.78, 5) is 26.6. The minimum atomic E-state index is -0.178. The number of likely N-dealkylation sites (N-methyl/N-ethyl adjacent to an activating group) is 2. The fourth-order valence-electron chi connectivity index (χ4n) is 1.55. The molecule has 0 atom stereocenters. The second kappa shape index (κ2) is 5.53. The molecular weight excluding hydrogens is 230 g/mol. The molecule has 0 heterocycles. The van der Waals surface area contributed by atoms with Crippen molar-refractivity contribution in [1.29, 1.82) is 0 Å². The van der Waals surface area contributed by atoms with E-state index in [1.165, 1.54) is 9.80 Å². The Morgan fingerprint density at radius 2 is 1.83 bits per heavy atom. The average Bonchev–Trinajstić information content (AvgIpc) is 2.27. The van der Waals surface area contributed by atoms with Gasteiger partial charge in [-0.25, -0.2) is 0 Å². The van der Waals surface area contributed by atoms with Gasteiger partial charge >= 0.3 is 0 Å². The number of hydrogen-bond acceptors (Lipinski definition) is 3. The quantitative estimate of drug-likeness (QED) is 0.803. The van der Waals surface area contributed by atoms with E-state index in [1.54, 1.807) is 39.3 Å². The molecule has 0 unspecified atom stereocenters. The lowest BCUT2D eigenvalue weighted by molar-refractivity contribution is -0.129. The van der Waals surface area contributed by atoms with Crippen LogP contribution in [-0.4, -0.2) is 49.3 Å². The molecule has 0 fully saturated rings. The van der Waals surface area contributed by atoms with E-state index in [4.69, 9.17) is 5.73 Å². The number of amides is 2.